The highest BCUT2D eigenvalue weighted by atomic mass is 28.3. The summed E-state index contributed by atoms with van der Waals surface area (Å²) >= 11 is 0. The van der Waals surface area contributed by atoms with Crippen molar-refractivity contribution in [1.29, 1.82) is 0 Å². The van der Waals surface area contributed by atoms with Crippen LogP contribution in [-0.2, 0) is 0 Å². The van der Waals surface area contributed by atoms with Gasteiger partial charge in [0.25, 0.3) is 0 Å². The van der Waals surface area contributed by atoms with Crippen molar-refractivity contribution in [3.63, 3.8) is 0 Å². The Balaban J connectivity index is 1.77. The standard InChI is InChI=1S/C32H26Si/c1-5-15-25(16-6-1)29-30(26-17-7-2-8-18-26)32(28-21-11-4-12-22-28)33(23-13-14-24-33)31(29)27-19-9-3-10-20-27/h1-22H,23-24H2. The van der Waals surface area contributed by atoms with E-state index in [1.165, 1.54) is 33.4 Å². The third-order valence-electron chi connectivity index (χ3n) is 7.06. The fraction of sp³-hybridized carbons (Fsp3) is 0.0625. The summed E-state index contributed by atoms with van der Waals surface area (Å²) in [6.07, 6.45) is 4.88. The summed E-state index contributed by atoms with van der Waals surface area (Å²) < 4.78 is 0. The van der Waals surface area contributed by atoms with Crippen molar-refractivity contribution in [1.82, 2.24) is 0 Å². The first-order chi connectivity index (χ1) is 16.4. The molecule has 0 radical (unpaired) electrons. The summed E-state index contributed by atoms with van der Waals surface area (Å²) in [5, 5.41) is 3.19. The van der Waals surface area contributed by atoms with Crippen LogP contribution in [0, 0.1) is 0 Å². The normalized spacial score (nSPS) is 16.7. The van der Waals surface area contributed by atoms with Crippen LogP contribution >= 0.6 is 0 Å². The van der Waals surface area contributed by atoms with E-state index in [4.69, 9.17) is 0 Å². The highest BCUT2D eigenvalue weighted by Crippen LogP contribution is 2.59. The predicted octanol–water partition coefficient (Wildman–Crippen LogP) is 8.32. The largest absolute Gasteiger partial charge is 0.128 e. The average molecular weight is 439 g/mol. The number of hydrogen-bond donors (Lipinski definition) is 0. The fourth-order valence-corrected chi connectivity index (χ4v) is 11.1. The van der Waals surface area contributed by atoms with E-state index in [0.29, 0.717) is 0 Å². The fourth-order valence-electron chi connectivity index (χ4n) is 5.75. The minimum absolute atomic E-state index is 1.16. The molecule has 0 unspecified atom stereocenters. The molecule has 0 aliphatic carbocycles. The zero-order valence-corrected chi connectivity index (χ0v) is 19.6. The molecule has 0 atom stereocenters. The van der Waals surface area contributed by atoms with Gasteiger partial charge < -0.3 is 0 Å². The van der Waals surface area contributed by atoms with Gasteiger partial charge in [0.05, 0.1) is 0 Å². The molecule has 2 aliphatic heterocycles. The molecule has 0 N–H and O–H groups in total. The molecule has 0 saturated heterocycles. The highest BCUT2D eigenvalue weighted by molar-refractivity contribution is 7.15. The van der Waals surface area contributed by atoms with Crippen LogP contribution in [0.15, 0.2) is 133 Å². The van der Waals surface area contributed by atoms with Crippen molar-refractivity contribution >= 4 is 29.6 Å². The van der Waals surface area contributed by atoms with Crippen LogP contribution in [0.25, 0.3) is 21.5 Å². The summed E-state index contributed by atoms with van der Waals surface area (Å²) in [6, 6.07) is 46.7. The molecule has 6 rings (SSSR count). The molecule has 4 aromatic rings. The Morgan fingerprint density at radius 3 is 1.00 bits per heavy atom. The first kappa shape index (κ1) is 20.0. The highest BCUT2D eigenvalue weighted by Gasteiger charge is 2.50. The molecular weight excluding hydrogens is 412 g/mol. The zero-order chi connectivity index (χ0) is 22.1. The monoisotopic (exact) mass is 438 g/mol. The minimum atomic E-state index is -2.05. The third kappa shape index (κ3) is 3.28. The molecule has 1 heteroatoms. The van der Waals surface area contributed by atoms with Crippen LogP contribution < -0.4 is 0 Å². The van der Waals surface area contributed by atoms with Gasteiger partial charge in [-0.25, -0.2) is 0 Å². The number of rotatable bonds is 4. The summed E-state index contributed by atoms with van der Waals surface area (Å²) in [4.78, 5) is 0. The quantitative estimate of drug-likeness (QED) is 0.222. The Hall–Kier alpha value is -3.68. The summed E-state index contributed by atoms with van der Waals surface area (Å²) in [6.45, 7) is 0. The molecule has 0 aromatic heterocycles. The maximum absolute atomic E-state index is 2.44. The molecule has 0 saturated carbocycles. The predicted molar refractivity (Wildman–Crippen MR) is 144 cm³/mol. The second kappa shape index (κ2) is 8.35. The first-order valence-electron chi connectivity index (χ1n) is 11.7. The maximum atomic E-state index is 2.44. The Bertz CT molecular complexity index is 1250. The second-order valence-electron chi connectivity index (χ2n) is 8.93. The van der Waals surface area contributed by atoms with Crippen LogP contribution in [0.1, 0.15) is 22.3 Å². The lowest BCUT2D eigenvalue weighted by Gasteiger charge is -2.30. The van der Waals surface area contributed by atoms with Gasteiger partial charge in [-0.1, -0.05) is 133 Å². The van der Waals surface area contributed by atoms with Crippen molar-refractivity contribution in [2.45, 2.75) is 12.1 Å². The zero-order valence-electron chi connectivity index (χ0n) is 18.6. The Morgan fingerprint density at radius 2 is 0.667 bits per heavy atom. The minimum Gasteiger partial charge on any atom is -0.0908 e. The van der Waals surface area contributed by atoms with E-state index in [9.17, 15) is 0 Å². The third-order valence-corrected chi connectivity index (χ3v) is 11.9. The van der Waals surface area contributed by atoms with E-state index in [1.54, 1.807) is 10.4 Å². The molecule has 2 heterocycles. The Morgan fingerprint density at radius 1 is 0.364 bits per heavy atom. The smallest absolute Gasteiger partial charge is 0.0908 e. The number of benzene rings is 4. The van der Waals surface area contributed by atoms with E-state index in [-0.39, 0.29) is 0 Å². The van der Waals surface area contributed by atoms with Gasteiger partial charge in [0.15, 0.2) is 0 Å². The molecule has 1 spiro atoms. The molecule has 0 fully saturated rings. The number of hydrogen-bond acceptors (Lipinski definition) is 0. The summed E-state index contributed by atoms with van der Waals surface area (Å²) in [5.74, 6) is 0. The van der Waals surface area contributed by atoms with Crippen molar-refractivity contribution < 1.29 is 0 Å². The van der Waals surface area contributed by atoms with Crippen LogP contribution in [0.4, 0.5) is 0 Å². The van der Waals surface area contributed by atoms with E-state index < -0.39 is 8.07 Å². The van der Waals surface area contributed by atoms with Crippen LogP contribution in [0.3, 0.4) is 0 Å². The molecule has 2 aliphatic rings. The SMILES string of the molecule is C1=CC[Si]2(C1)C(c1ccccc1)=C(c1ccccc1)C(c1ccccc1)=C2c1ccccc1. The topological polar surface area (TPSA) is 0 Å². The second-order valence-corrected chi connectivity index (χ2v) is 12.9. The van der Waals surface area contributed by atoms with E-state index >= 15 is 0 Å². The van der Waals surface area contributed by atoms with Gasteiger partial charge in [-0.05, 0) is 55.9 Å². The van der Waals surface area contributed by atoms with Gasteiger partial charge in [-0.3, -0.25) is 0 Å². The summed E-state index contributed by atoms with van der Waals surface area (Å²) in [5.41, 5.74) is 8.27. The number of allylic oxidation sites excluding steroid dienone is 4. The van der Waals surface area contributed by atoms with Gasteiger partial charge in [0.1, 0.15) is 8.07 Å². The van der Waals surface area contributed by atoms with Gasteiger partial charge in [-0.2, -0.15) is 0 Å². The average Bonchev–Trinajstić information content (AvgIpc) is 3.49. The molecule has 158 valence electrons. The van der Waals surface area contributed by atoms with Crippen molar-refractivity contribution in [3.8, 4) is 0 Å². The molecule has 4 aromatic carbocycles. The van der Waals surface area contributed by atoms with Gasteiger partial charge in [0, 0.05) is 0 Å². The van der Waals surface area contributed by atoms with Gasteiger partial charge >= 0.3 is 0 Å². The van der Waals surface area contributed by atoms with Crippen molar-refractivity contribution in [2.24, 2.45) is 0 Å². The van der Waals surface area contributed by atoms with E-state index in [2.05, 4.69) is 133 Å². The molecule has 0 nitrogen and oxygen atoms in total. The van der Waals surface area contributed by atoms with Crippen LogP contribution in [-0.4, -0.2) is 8.07 Å². The lowest BCUT2D eigenvalue weighted by atomic mass is 9.89. The lowest BCUT2D eigenvalue weighted by Crippen LogP contribution is -2.33. The summed E-state index contributed by atoms with van der Waals surface area (Å²) in [7, 11) is -2.05. The Labute approximate surface area is 197 Å². The first-order valence-corrected chi connectivity index (χ1v) is 14.2. The van der Waals surface area contributed by atoms with Crippen LogP contribution in [0.2, 0.25) is 12.1 Å². The van der Waals surface area contributed by atoms with Crippen molar-refractivity contribution in [2.75, 3.05) is 0 Å². The molecule has 33 heavy (non-hydrogen) atoms. The van der Waals surface area contributed by atoms with Gasteiger partial charge in [-0.15, -0.1) is 0 Å². The van der Waals surface area contributed by atoms with Crippen LogP contribution in [0.5, 0.6) is 0 Å². The van der Waals surface area contributed by atoms with E-state index in [0.717, 1.165) is 12.1 Å². The van der Waals surface area contributed by atoms with E-state index in [1.807, 2.05) is 0 Å². The Kier molecular flexibility index (Phi) is 5.05. The molecule has 0 bridgehead atoms. The lowest BCUT2D eigenvalue weighted by molar-refractivity contribution is 1.56. The molecule has 0 amide bonds. The molecular formula is C32H26Si. The van der Waals surface area contributed by atoms with Gasteiger partial charge in [0.2, 0.25) is 0 Å². The van der Waals surface area contributed by atoms with Crippen molar-refractivity contribution in [3.05, 3.63) is 156 Å². The maximum Gasteiger partial charge on any atom is 0.128 e.